The Hall–Kier alpha value is -2.49. The Morgan fingerprint density at radius 1 is 1.29 bits per heavy atom. The van der Waals surface area contributed by atoms with Crippen molar-refractivity contribution in [2.45, 2.75) is 19.4 Å². The Kier molecular flexibility index (Phi) is 3.29. The molecule has 108 valence electrons. The van der Waals surface area contributed by atoms with Crippen LogP contribution in [-0.4, -0.2) is 19.1 Å². The number of benzene rings is 2. The van der Waals surface area contributed by atoms with Gasteiger partial charge < -0.3 is 15.4 Å². The van der Waals surface area contributed by atoms with E-state index < -0.39 is 0 Å². The average Bonchev–Trinajstić information content (AvgIpc) is 2.81. The van der Waals surface area contributed by atoms with E-state index in [9.17, 15) is 4.79 Å². The van der Waals surface area contributed by atoms with E-state index in [4.69, 9.17) is 10.5 Å². The van der Waals surface area contributed by atoms with Crippen molar-refractivity contribution in [2.24, 2.45) is 0 Å². The molecule has 0 bridgehead atoms. The second-order valence-corrected chi connectivity index (χ2v) is 5.32. The number of carbonyl (C=O) groups is 1. The van der Waals surface area contributed by atoms with Gasteiger partial charge in [-0.05, 0) is 49.2 Å². The van der Waals surface area contributed by atoms with Crippen LogP contribution in [0.5, 0.6) is 5.75 Å². The van der Waals surface area contributed by atoms with Gasteiger partial charge >= 0.3 is 0 Å². The molecule has 2 aromatic rings. The molecule has 1 atom stereocenters. The lowest BCUT2D eigenvalue weighted by molar-refractivity contribution is 0.0978. The molecule has 4 heteroatoms. The molecule has 0 saturated carbocycles. The van der Waals surface area contributed by atoms with Gasteiger partial charge in [-0.3, -0.25) is 4.79 Å². The topological polar surface area (TPSA) is 55.6 Å². The summed E-state index contributed by atoms with van der Waals surface area (Å²) in [5.41, 5.74) is 9.19. The van der Waals surface area contributed by atoms with E-state index >= 15 is 0 Å². The maximum absolute atomic E-state index is 12.9. The number of fused-ring (bicyclic) bond motifs is 1. The smallest absolute Gasteiger partial charge is 0.262 e. The third-order valence-corrected chi connectivity index (χ3v) is 3.88. The van der Waals surface area contributed by atoms with Crippen LogP contribution in [0.25, 0.3) is 0 Å². The van der Waals surface area contributed by atoms with E-state index in [1.54, 1.807) is 19.2 Å². The summed E-state index contributed by atoms with van der Waals surface area (Å²) in [5.74, 6) is 0.557. The second kappa shape index (κ2) is 5.13. The van der Waals surface area contributed by atoms with Crippen LogP contribution < -0.4 is 15.4 Å². The summed E-state index contributed by atoms with van der Waals surface area (Å²) in [6.07, 6.45) is 0.821. The quantitative estimate of drug-likeness (QED) is 0.862. The van der Waals surface area contributed by atoms with Crippen molar-refractivity contribution < 1.29 is 9.53 Å². The van der Waals surface area contributed by atoms with E-state index in [1.165, 1.54) is 0 Å². The number of carbonyl (C=O) groups excluding carboxylic acids is 1. The molecule has 1 unspecified atom stereocenters. The maximum Gasteiger partial charge on any atom is 0.262 e. The fraction of sp³-hybridized carbons (Fsp3) is 0.235. The van der Waals surface area contributed by atoms with Crippen LogP contribution in [0, 0.1) is 0 Å². The number of hydrogen-bond donors (Lipinski definition) is 1. The predicted octanol–water partition coefficient (Wildman–Crippen LogP) is 2.87. The van der Waals surface area contributed by atoms with Crippen LogP contribution in [0.1, 0.15) is 22.8 Å². The number of nitrogens with two attached hydrogens (primary N) is 1. The van der Waals surface area contributed by atoms with Gasteiger partial charge in [-0.15, -0.1) is 0 Å². The highest BCUT2D eigenvalue weighted by molar-refractivity contribution is 6.09. The largest absolute Gasteiger partial charge is 0.496 e. The number of methoxy groups -OCH3 is 1. The molecule has 1 amide bonds. The highest BCUT2D eigenvalue weighted by Gasteiger charge is 2.32. The Bertz CT molecular complexity index is 697. The van der Waals surface area contributed by atoms with Crippen molar-refractivity contribution in [1.82, 2.24) is 0 Å². The highest BCUT2D eigenvalue weighted by Crippen LogP contribution is 2.35. The van der Waals surface area contributed by atoms with Crippen LogP contribution >= 0.6 is 0 Å². The van der Waals surface area contributed by atoms with Crippen LogP contribution in [0.15, 0.2) is 42.5 Å². The number of nitrogens with zero attached hydrogens (tertiary/aromatic N) is 1. The molecule has 1 heterocycles. The summed E-state index contributed by atoms with van der Waals surface area (Å²) < 4.78 is 5.30. The zero-order valence-corrected chi connectivity index (χ0v) is 12.2. The molecular weight excluding hydrogens is 264 g/mol. The first-order valence-corrected chi connectivity index (χ1v) is 6.97. The second-order valence-electron chi connectivity index (χ2n) is 5.32. The predicted molar refractivity (Wildman–Crippen MR) is 83.8 cm³/mol. The Morgan fingerprint density at radius 2 is 2.05 bits per heavy atom. The van der Waals surface area contributed by atoms with E-state index in [0.29, 0.717) is 11.3 Å². The zero-order valence-electron chi connectivity index (χ0n) is 12.2. The van der Waals surface area contributed by atoms with Crippen molar-refractivity contribution in [3.63, 3.8) is 0 Å². The molecule has 3 rings (SSSR count). The first-order valence-electron chi connectivity index (χ1n) is 6.97. The standard InChI is InChI=1S/C17H18N2O2/c1-11-9-12-10-13(18)7-8-15(12)19(11)17(20)14-5-3-4-6-16(14)21-2/h3-8,10-11H,9,18H2,1-2H3. The number of hydrogen-bond acceptors (Lipinski definition) is 3. The lowest BCUT2D eigenvalue weighted by atomic mass is 10.1. The van der Waals surface area contributed by atoms with Crippen molar-refractivity contribution >= 4 is 17.3 Å². The summed E-state index contributed by atoms with van der Waals surface area (Å²) in [7, 11) is 1.58. The Balaban J connectivity index is 2.03. The number of amides is 1. The molecule has 0 radical (unpaired) electrons. The van der Waals surface area contributed by atoms with Gasteiger partial charge in [0.25, 0.3) is 5.91 Å². The van der Waals surface area contributed by atoms with Gasteiger partial charge in [0.2, 0.25) is 0 Å². The van der Waals surface area contributed by atoms with E-state index in [0.717, 1.165) is 23.4 Å². The molecule has 0 aromatic heterocycles. The summed E-state index contributed by atoms with van der Waals surface area (Å²) in [6, 6.07) is 13.1. The van der Waals surface area contributed by atoms with Crippen LogP contribution in [0.2, 0.25) is 0 Å². The summed E-state index contributed by atoms with van der Waals surface area (Å²) >= 11 is 0. The van der Waals surface area contributed by atoms with E-state index in [1.807, 2.05) is 42.2 Å². The van der Waals surface area contributed by atoms with Gasteiger partial charge in [-0.1, -0.05) is 12.1 Å². The SMILES string of the molecule is COc1ccccc1C(=O)N1c2ccc(N)cc2CC1C. The van der Waals surface area contributed by atoms with Crippen molar-refractivity contribution in [2.75, 3.05) is 17.7 Å². The molecule has 0 saturated heterocycles. The normalized spacial score (nSPS) is 16.7. The maximum atomic E-state index is 12.9. The number of anilines is 2. The molecule has 21 heavy (non-hydrogen) atoms. The monoisotopic (exact) mass is 282 g/mol. The van der Waals surface area contributed by atoms with Crippen LogP contribution in [0.3, 0.4) is 0 Å². The molecule has 0 fully saturated rings. The fourth-order valence-electron chi connectivity index (χ4n) is 2.91. The molecule has 4 nitrogen and oxygen atoms in total. The minimum atomic E-state index is -0.0385. The van der Waals surface area contributed by atoms with Gasteiger partial charge in [-0.25, -0.2) is 0 Å². The lowest BCUT2D eigenvalue weighted by Crippen LogP contribution is -2.35. The summed E-state index contributed by atoms with van der Waals surface area (Å²) in [5, 5.41) is 0. The number of nitrogen functional groups attached to an aromatic ring is 1. The zero-order chi connectivity index (χ0) is 15.0. The molecule has 0 spiro atoms. The van der Waals surface area contributed by atoms with E-state index in [2.05, 4.69) is 0 Å². The van der Waals surface area contributed by atoms with Gasteiger partial charge in [0.1, 0.15) is 5.75 Å². The molecule has 2 aromatic carbocycles. The molecule has 2 N–H and O–H groups in total. The van der Waals surface area contributed by atoms with Crippen molar-refractivity contribution in [1.29, 1.82) is 0 Å². The minimum Gasteiger partial charge on any atom is -0.496 e. The van der Waals surface area contributed by atoms with Gasteiger partial charge in [0, 0.05) is 17.4 Å². The lowest BCUT2D eigenvalue weighted by Gasteiger charge is -2.23. The highest BCUT2D eigenvalue weighted by atomic mass is 16.5. The molecular formula is C17H18N2O2. The van der Waals surface area contributed by atoms with Crippen molar-refractivity contribution in [3.8, 4) is 5.75 Å². The number of ether oxygens (including phenoxy) is 1. The number of rotatable bonds is 2. The molecule has 1 aliphatic heterocycles. The van der Waals surface area contributed by atoms with Gasteiger partial charge in [-0.2, -0.15) is 0 Å². The summed E-state index contributed by atoms with van der Waals surface area (Å²) in [6.45, 7) is 2.05. The van der Waals surface area contributed by atoms with Crippen LogP contribution in [-0.2, 0) is 6.42 Å². The Morgan fingerprint density at radius 3 is 2.81 bits per heavy atom. The molecule has 1 aliphatic rings. The van der Waals surface area contributed by atoms with Crippen molar-refractivity contribution in [3.05, 3.63) is 53.6 Å². The summed E-state index contributed by atoms with van der Waals surface area (Å²) in [4.78, 5) is 14.7. The third kappa shape index (κ3) is 2.23. The Labute approximate surface area is 124 Å². The van der Waals surface area contributed by atoms with Gasteiger partial charge in [0.15, 0.2) is 0 Å². The van der Waals surface area contributed by atoms with Gasteiger partial charge in [0.05, 0.1) is 12.7 Å². The first-order chi connectivity index (χ1) is 10.1. The first kappa shape index (κ1) is 13.5. The number of para-hydroxylation sites is 1. The third-order valence-electron chi connectivity index (χ3n) is 3.88. The fourth-order valence-corrected chi connectivity index (χ4v) is 2.91. The molecule has 0 aliphatic carbocycles. The van der Waals surface area contributed by atoms with E-state index in [-0.39, 0.29) is 11.9 Å². The minimum absolute atomic E-state index is 0.0385. The average molecular weight is 282 g/mol. The van der Waals surface area contributed by atoms with Crippen LogP contribution in [0.4, 0.5) is 11.4 Å².